The summed E-state index contributed by atoms with van der Waals surface area (Å²) in [7, 11) is 0. The predicted molar refractivity (Wildman–Crippen MR) is 77.7 cm³/mol. The zero-order valence-corrected chi connectivity index (χ0v) is 11.9. The third kappa shape index (κ3) is 3.61. The van der Waals surface area contributed by atoms with Crippen LogP contribution >= 0.6 is 11.6 Å². The first-order chi connectivity index (χ1) is 9.74. The lowest BCUT2D eigenvalue weighted by Crippen LogP contribution is -2.21. The second kappa shape index (κ2) is 7.12. The van der Waals surface area contributed by atoms with Gasteiger partial charge in [0, 0.05) is 6.54 Å². The summed E-state index contributed by atoms with van der Waals surface area (Å²) in [6.45, 7) is 2.85. The van der Waals surface area contributed by atoms with Crippen LogP contribution in [0, 0.1) is 0 Å². The van der Waals surface area contributed by atoms with Gasteiger partial charge in [0.2, 0.25) is 0 Å². The van der Waals surface area contributed by atoms with Crippen molar-refractivity contribution >= 4 is 17.3 Å². The Morgan fingerprint density at radius 2 is 2.15 bits per heavy atom. The van der Waals surface area contributed by atoms with Gasteiger partial charge in [0.1, 0.15) is 18.4 Å². The smallest absolute Gasteiger partial charge is 0.142 e. The van der Waals surface area contributed by atoms with Gasteiger partial charge in [0.15, 0.2) is 0 Å². The average molecular weight is 297 g/mol. The Balaban J connectivity index is 2.22. The molecule has 2 aromatic rings. The fraction of sp³-hybridized carbons (Fsp3) is 0.385. The Kier molecular flexibility index (Phi) is 5.20. The Morgan fingerprint density at radius 1 is 1.40 bits per heavy atom. The summed E-state index contributed by atoms with van der Waals surface area (Å²) in [5.74, 6) is 0.911. The van der Waals surface area contributed by atoms with E-state index in [1.165, 1.54) is 0 Å². The highest BCUT2D eigenvalue weighted by Crippen LogP contribution is 2.27. The molecule has 1 unspecified atom stereocenters. The van der Waals surface area contributed by atoms with Crippen LogP contribution in [0.5, 0.6) is 5.75 Å². The van der Waals surface area contributed by atoms with Gasteiger partial charge in [-0.1, -0.05) is 0 Å². The van der Waals surface area contributed by atoms with E-state index in [1.807, 2.05) is 25.1 Å². The van der Waals surface area contributed by atoms with Crippen LogP contribution in [-0.4, -0.2) is 45.0 Å². The average Bonchev–Trinajstić information content (AvgIpc) is 3.00. The van der Waals surface area contributed by atoms with Crippen molar-refractivity contribution in [2.45, 2.75) is 13.0 Å². The summed E-state index contributed by atoms with van der Waals surface area (Å²) in [6.07, 6.45) is 2.63. The molecule has 0 aliphatic rings. The molecule has 0 fully saturated rings. The van der Waals surface area contributed by atoms with E-state index in [1.54, 1.807) is 17.2 Å². The molecule has 0 amide bonds. The largest absolute Gasteiger partial charge is 0.492 e. The summed E-state index contributed by atoms with van der Waals surface area (Å²) < 4.78 is 7.35. The number of nitrogens with one attached hydrogen (secondary N) is 1. The molecule has 1 heterocycles. The Labute approximate surface area is 122 Å². The second-order valence-corrected chi connectivity index (χ2v) is 4.48. The van der Waals surface area contributed by atoms with Crippen LogP contribution < -0.4 is 10.1 Å². The number of aliphatic hydroxyl groups excluding tert-OH is 1. The maximum Gasteiger partial charge on any atom is 0.142 e. The topological polar surface area (TPSA) is 72.2 Å². The number of benzene rings is 1. The minimum absolute atomic E-state index is 0.183. The fourth-order valence-corrected chi connectivity index (χ4v) is 1.82. The van der Waals surface area contributed by atoms with Crippen LogP contribution in [-0.2, 0) is 0 Å². The summed E-state index contributed by atoms with van der Waals surface area (Å²) in [5, 5.41) is 20.2. The number of alkyl halides is 1. The van der Waals surface area contributed by atoms with Gasteiger partial charge in [-0.25, -0.2) is 0 Å². The minimum Gasteiger partial charge on any atom is -0.492 e. The van der Waals surface area contributed by atoms with Crippen molar-refractivity contribution in [2.75, 3.05) is 24.3 Å². The number of anilines is 1. The Hall–Kier alpha value is -1.79. The first-order valence-electron chi connectivity index (χ1n) is 6.34. The molecule has 0 bridgehead atoms. The second-order valence-electron chi connectivity index (χ2n) is 4.17. The third-order valence-electron chi connectivity index (χ3n) is 2.69. The van der Waals surface area contributed by atoms with Crippen molar-refractivity contribution in [1.82, 2.24) is 14.8 Å². The molecule has 7 heteroatoms. The number of rotatable bonds is 7. The van der Waals surface area contributed by atoms with Crippen LogP contribution in [0.25, 0.3) is 5.69 Å². The number of halogens is 1. The highest BCUT2D eigenvalue weighted by Gasteiger charge is 2.08. The highest BCUT2D eigenvalue weighted by atomic mass is 35.5. The van der Waals surface area contributed by atoms with Crippen molar-refractivity contribution in [3.8, 4) is 11.4 Å². The molecule has 2 rings (SSSR count). The first kappa shape index (κ1) is 14.6. The van der Waals surface area contributed by atoms with E-state index in [9.17, 15) is 5.11 Å². The van der Waals surface area contributed by atoms with Crippen molar-refractivity contribution < 1.29 is 9.84 Å². The number of nitrogens with zero attached hydrogens (tertiary/aromatic N) is 3. The molecule has 1 aromatic heterocycles. The van der Waals surface area contributed by atoms with E-state index < -0.39 is 6.10 Å². The van der Waals surface area contributed by atoms with Gasteiger partial charge in [0.25, 0.3) is 0 Å². The molecule has 1 atom stereocenters. The van der Waals surface area contributed by atoms with Gasteiger partial charge < -0.3 is 15.2 Å². The van der Waals surface area contributed by atoms with E-state index in [0.29, 0.717) is 13.2 Å². The molecule has 108 valence electrons. The summed E-state index contributed by atoms with van der Waals surface area (Å²) in [5.41, 5.74) is 1.70. The molecule has 0 saturated carbocycles. The van der Waals surface area contributed by atoms with E-state index in [0.717, 1.165) is 17.1 Å². The molecular formula is C13H17ClN4O2. The maximum absolute atomic E-state index is 9.53. The van der Waals surface area contributed by atoms with E-state index in [4.69, 9.17) is 16.3 Å². The number of aromatic nitrogens is 3. The van der Waals surface area contributed by atoms with Crippen molar-refractivity contribution in [1.29, 1.82) is 0 Å². The highest BCUT2D eigenvalue weighted by molar-refractivity contribution is 6.18. The summed E-state index contributed by atoms with van der Waals surface area (Å²) in [4.78, 5) is 0. The lowest BCUT2D eigenvalue weighted by atomic mass is 10.2. The minimum atomic E-state index is -0.607. The standard InChI is InChI=1S/C13H17ClN4O2/c1-2-20-13-4-3-10(18-8-16-17-9-18)5-12(13)15-7-11(19)6-14/h3-5,8-9,11,15,19H,2,6-7H2,1H3. The van der Waals surface area contributed by atoms with Crippen LogP contribution in [0.2, 0.25) is 0 Å². The zero-order chi connectivity index (χ0) is 14.4. The van der Waals surface area contributed by atoms with Gasteiger partial charge in [-0.2, -0.15) is 0 Å². The summed E-state index contributed by atoms with van der Waals surface area (Å²) in [6, 6.07) is 5.70. The molecule has 0 saturated heterocycles. The van der Waals surface area contributed by atoms with Crippen molar-refractivity contribution in [3.05, 3.63) is 30.9 Å². The van der Waals surface area contributed by atoms with Gasteiger partial charge >= 0.3 is 0 Å². The lowest BCUT2D eigenvalue weighted by Gasteiger charge is -2.15. The monoisotopic (exact) mass is 296 g/mol. The molecule has 0 radical (unpaired) electrons. The molecular weight excluding hydrogens is 280 g/mol. The van der Waals surface area contributed by atoms with Gasteiger partial charge in [0.05, 0.1) is 30.0 Å². The normalized spacial score (nSPS) is 12.2. The number of hydrogen-bond acceptors (Lipinski definition) is 5. The molecule has 0 aliphatic heterocycles. The van der Waals surface area contributed by atoms with E-state index in [2.05, 4.69) is 15.5 Å². The number of aliphatic hydroxyl groups is 1. The predicted octanol–water partition coefficient (Wildman–Crippen LogP) is 1.68. The maximum atomic E-state index is 9.53. The van der Waals surface area contributed by atoms with Crippen LogP contribution in [0.4, 0.5) is 5.69 Å². The van der Waals surface area contributed by atoms with Gasteiger partial charge in [-0.3, -0.25) is 4.57 Å². The lowest BCUT2D eigenvalue weighted by molar-refractivity contribution is 0.211. The summed E-state index contributed by atoms with van der Waals surface area (Å²) >= 11 is 5.59. The third-order valence-corrected chi connectivity index (χ3v) is 3.04. The van der Waals surface area contributed by atoms with Crippen molar-refractivity contribution in [2.24, 2.45) is 0 Å². The molecule has 2 N–H and O–H groups in total. The van der Waals surface area contributed by atoms with Crippen LogP contribution in [0.1, 0.15) is 6.92 Å². The first-order valence-corrected chi connectivity index (χ1v) is 6.87. The molecule has 0 aliphatic carbocycles. The van der Waals surface area contributed by atoms with E-state index in [-0.39, 0.29) is 5.88 Å². The van der Waals surface area contributed by atoms with Crippen LogP contribution in [0.15, 0.2) is 30.9 Å². The molecule has 1 aromatic carbocycles. The van der Waals surface area contributed by atoms with E-state index >= 15 is 0 Å². The van der Waals surface area contributed by atoms with Gasteiger partial charge in [-0.05, 0) is 25.1 Å². The Bertz CT molecular complexity index is 533. The van der Waals surface area contributed by atoms with Crippen LogP contribution in [0.3, 0.4) is 0 Å². The quantitative estimate of drug-likeness (QED) is 0.761. The molecule has 20 heavy (non-hydrogen) atoms. The number of hydrogen-bond donors (Lipinski definition) is 2. The zero-order valence-electron chi connectivity index (χ0n) is 11.2. The number of ether oxygens (including phenoxy) is 1. The fourth-order valence-electron chi connectivity index (χ4n) is 1.71. The molecule has 6 nitrogen and oxygen atoms in total. The molecule has 0 spiro atoms. The SMILES string of the molecule is CCOc1ccc(-n2cnnc2)cc1NCC(O)CCl. The van der Waals surface area contributed by atoms with Gasteiger partial charge in [-0.15, -0.1) is 21.8 Å². The van der Waals surface area contributed by atoms with Crippen molar-refractivity contribution in [3.63, 3.8) is 0 Å². The Morgan fingerprint density at radius 3 is 2.80 bits per heavy atom.